The number of nitrogens with zero attached hydrogens (tertiary/aromatic N) is 1. The molecule has 2 aromatic rings. The second kappa shape index (κ2) is 13.0. The summed E-state index contributed by atoms with van der Waals surface area (Å²) in [5.74, 6) is -0.0690. The molecule has 0 aromatic heterocycles. The zero-order chi connectivity index (χ0) is 22.6. The number of rotatable bonds is 11. The third-order valence-electron chi connectivity index (χ3n) is 4.72. The Labute approximate surface area is 194 Å². The molecule has 1 N–H and O–H groups in total. The number of hydrogen-bond donors (Lipinski definition) is 1. The van der Waals surface area contributed by atoms with Gasteiger partial charge in [0.1, 0.15) is 11.6 Å². The van der Waals surface area contributed by atoms with E-state index in [-0.39, 0.29) is 5.57 Å². The van der Waals surface area contributed by atoms with Crippen LogP contribution in [0.2, 0.25) is 10.0 Å². The molecule has 0 radical (unpaired) electrons. The van der Waals surface area contributed by atoms with Gasteiger partial charge in [0.15, 0.2) is 5.75 Å². The van der Waals surface area contributed by atoms with Crippen LogP contribution in [0.5, 0.6) is 5.75 Å². The smallest absolute Gasteiger partial charge is 0.266 e. The molecule has 0 aliphatic carbocycles. The minimum atomic E-state index is -0.497. The molecular weight excluding hydrogens is 431 g/mol. The molecule has 0 saturated carbocycles. The molecule has 31 heavy (non-hydrogen) atoms. The molecule has 0 atom stereocenters. The molecule has 0 spiro atoms. The second-order valence-electron chi connectivity index (χ2n) is 7.42. The van der Waals surface area contributed by atoms with Crippen molar-refractivity contribution < 1.29 is 9.53 Å². The van der Waals surface area contributed by atoms with Gasteiger partial charge >= 0.3 is 0 Å². The summed E-state index contributed by atoms with van der Waals surface area (Å²) in [7, 11) is 0. The molecule has 164 valence electrons. The second-order valence-corrected chi connectivity index (χ2v) is 8.24. The Morgan fingerprint density at radius 2 is 1.77 bits per heavy atom. The number of hydrogen-bond acceptors (Lipinski definition) is 3. The predicted molar refractivity (Wildman–Crippen MR) is 129 cm³/mol. The Hall–Kier alpha value is -2.48. The van der Waals surface area contributed by atoms with Crippen LogP contribution in [-0.2, 0) is 4.79 Å². The van der Waals surface area contributed by atoms with Crippen LogP contribution >= 0.6 is 23.2 Å². The minimum absolute atomic E-state index is 0.0469. The van der Waals surface area contributed by atoms with Crippen molar-refractivity contribution in [3.8, 4) is 11.8 Å². The number of amides is 1. The quantitative estimate of drug-likeness (QED) is 0.214. The summed E-state index contributed by atoms with van der Waals surface area (Å²) >= 11 is 12.7. The van der Waals surface area contributed by atoms with Crippen molar-refractivity contribution in [1.29, 1.82) is 5.26 Å². The summed E-state index contributed by atoms with van der Waals surface area (Å²) in [5.41, 5.74) is 2.14. The highest BCUT2D eigenvalue weighted by Gasteiger charge is 2.13. The average molecular weight is 459 g/mol. The van der Waals surface area contributed by atoms with Crippen molar-refractivity contribution in [2.24, 2.45) is 0 Å². The van der Waals surface area contributed by atoms with Gasteiger partial charge in [0.2, 0.25) is 0 Å². The first-order valence-corrected chi connectivity index (χ1v) is 11.3. The molecule has 2 rings (SSSR count). The fourth-order valence-electron chi connectivity index (χ4n) is 3.09. The number of aryl methyl sites for hydroxylation is 1. The summed E-state index contributed by atoms with van der Waals surface area (Å²) < 4.78 is 5.77. The van der Waals surface area contributed by atoms with Crippen LogP contribution in [0.3, 0.4) is 0 Å². The maximum atomic E-state index is 12.5. The van der Waals surface area contributed by atoms with E-state index in [4.69, 9.17) is 27.9 Å². The molecule has 0 saturated heterocycles. The monoisotopic (exact) mass is 458 g/mol. The average Bonchev–Trinajstić information content (AvgIpc) is 2.73. The van der Waals surface area contributed by atoms with Gasteiger partial charge in [0.25, 0.3) is 5.91 Å². The van der Waals surface area contributed by atoms with E-state index in [1.165, 1.54) is 31.8 Å². The van der Waals surface area contributed by atoms with Gasteiger partial charge in [-0.2, -0.15) is 5.26 Å². The van der Waals surface area contributed by atoms with Gasteiger partial charge < -0.3 is 10.1 Å². The number of halogens is 2. The number of ether oxygens (including phenoxy) is 1. The lowest BCUT2D eigenvalue weighted by Crippen LogP contribution is -2.13. The fraction of sp³-hybridized carbons (Fsp3) is 0.360. The van der Waals surface area contributed by atoms with Crippen molar-refractivity contribution >= 4 is 40.9 Å². The Morgan fingerprint density at radius 1 is 1.10 bits per heavy atom. The maximum absolute atomic E-state index is 12.5. The third kappa shape index (κ3) is 8.28. The lowest BCUT2D eigenvalue weighted by molar-refractivity contribution is -0.112. The first-order valence-electron chi connectivity index (χ1n) is 10.6. The Morgan fingerprint density at radius 3 is 2.42 bits per heavy atom. The summed E-state index contributed by atoms with van der Waals surface area (Å²) in [6, 6.07) is 12.6. The molecule has 0 aliphatic rings. The highest BCUT2D eigenvalue weighted by Crippen LogP contribution is 2.35. The van der Waals surface area contributed by atoms with Crippen molar-refractivity contribution in [2.75, 3.05) is 11.9 Å². The van der Waals surface area contributed by atoms with E-state index in [1.54, 1.807) is 18.2 Å². The van der Waals surface area contributed by atoms with Crippen molar-refractivity contribution in [2.45, 2.75) is 52.4 Å². The standard InChI is InChI=1S/C25H28Cl2N2O2/c1-3-4-5-6-7-8-12-31-24-22(26)15-19(16-23(24)27)14-20(17-28)25(30)29-21-11-9-10-18(2)13-21/h9-11,13-16H,3-8,12H2,1-2H3,(H,29,30). The summed E-state index contributed by atoms with van der Waals surface area (Å²) in [6.45, 7) is 4.67. The van der Waals surface area contributed by atoms with Gasteiger partial charge in [0, 0.05) is 5.69 Å². The SMILES string of the molecule is CCCCCCCCOc1c(Cl)cc(C=C(C#N)C(=O)Nc2cccc(C)c2)cc1Cl. The number of nitrogens with one attached hydrogen (secondary N) is 1. The number of nitriles is 1. The summed E-state index contributed by atoms with van der Waals surface area (Å²) in [4.78, 5) is 12.5. The van der Waals surface area contributed by atoms with Crippen molar-refractivity contribution in [3.05, 3.63) is 63.1 Å². The van der Waals surface area contributed by atoms with E-state index in [0.29, 0.717) is 33.7 Å². The van der Waals surface area contributed by atoms with Gasteiger partial charge in [-0.1, -0.05) is 74.4 Å². The van der Waals surface area contributed by atoms with E-state index in [0.717, 1.165) is 18.4 Å². The third-order valence-corrected chi connectivity index (χ3v) is 5.28. The first kappa shape index (κ1) is 24.8. The van der Waals surface area contributed by atoms with Crippen LogP contribution < -0.4 is 10.1 Å². The lowest BCUT2D eigenvalue weighted by atomic mass is 10.1. The molecule has 0 bridgehead atoms. The molecule has 1 amide bonds. The molecule has 6 heteroatoms. The number of benzene rings is 2. The minimum Gasteiger partial charge on any atom is -0.490 e. The number of anilines is 1. The van der Waals surface area contributed by atoms with E-state index in [2.05, 4.69) is 12.2 Å². The topological polar surface area (TPSA) is 62.1 Å². The summed E-state index contributed by atoms with van der Waals surface area (Å²) in [6.07, 6.45) is 8.44. The molecule has 0 fully saturated rings. The van der Waals surface area contributed by atoms with Gasteiger partial charge in [-0.15, -0.1) is 0 Å². The van der Waals surface area contributed by atoms with Crippen LogP contribution in [0.4, 0.5) is 5.69 Å². The first-order chi connectivity index (χ1) is 14.9. The maximum Gasteiger partial charge on any atom is 0.266 e. The van der Waals surface area contributed by atoms with Crippen molar-refractivity contribution in [3.63, 3.8) is 0 Å². The Bertz CT molecular complexity index is 941. The van der Waals surface area contributed by atoms with Gasteiger partial charge in [0.05, 0.1) is 16.7 Å². The van der Waals surface area contributed by atoms with Gasteiger partial charge in [-0.25, -0.2) is 0 Å². The Balaban J connectivity index is 2.02. The molecule has 4 nitrogen and oxygen atoms in total. The van der Waals surface area contributed by atoms with E-state index >= 15 is 0 Å². The van der Waals surface area contributed by atoms with Crippen molar-refractivity contribution in [1.82, 2.24) is 0 Å². The van der Waals surface area contributed by atoms with Gasteiger partial charge in [-0.05, 0) is 54.8 Å². The van der Waals surface area contributed by atoms with E-state index in [1.807, 2.05) is 31.2 Å². The van der Waals surface area contributed by atoms with Crippen LogP contribution in [0.1, 0.15) is 56.6 Å². The van der Waals surface area contributed by atoms with Crippen LogP contribution in [0, 0.1) is 18.3 Å². The predicted octanol–water partition coefficient (Wildman–Crippen LogP) is 7.59. The zero-order valence-corrected chi connectivity index (χ0v) is 19.5. The number of unbranched alkanes of at least 4 members (excludes halogenated alkanes) is 5. The lowest BCUT2D eigenvalue weighted by Gasteiger charge is -2.11. The van der Waals surface area contributed by atoms with E-state index < -0.39 is 5.91 Å². The number of carbonyl (C=O) groups is 1. The molecule has 0 unspecified atom stereocenters. The van der Waals surface area contributed by atoms with Crippen LogP contribution in [0.25, 0.3) is 6.08 Å². The highest BCUT2D eigenvalue weighted by molar-refractivity contribution is 6.37. The molecular formula is C25H28Cl2N2O2. The number of carbonyl (C=O) groups excluding carboxylic acids is 1. The van der Waals surface area contributed by atoms with Crippen LogP contribution in [-0.4, -0.2) is 12.5 Å². The molecule has 0 heterocycles. The van der Waals surface area contributed by atoms with Gasteiger partial charge in [-0.3, -0.25) is 4.79 Å². The molecule has 2 aromatic carbocycles. The molecule has 0 aliphatic heterocycles. The summed E-state index contributed by atoms with van der Waals surface area (Å²) in [5, 5.41) is 12.9. The zero-order valence-electron chi connectivity index (χ0n) is 18.0. The fourth-order valence-corrected chi connectivity index (χ4v) is 3.71. The highest BCUT2D eigenvalue weighted by atomic mass is 35.5. The normalized spacial score (nSPS) is 11.1. The van der Waals surface area contributed by atoms with E-state index in [9.17, 15) is 10.1 Å². The largest absolute Gasteiger partial charge is 0.490 e. The Kier molecular flexibility index (Phi) is 10.4. The van der Waals surface area contributed by atoms with Crippen LogP contribution in [0.15, 0.2) is 42.0 Å².